The van der Waals surface area contributed by atoms with E-state index >= 15 is 0 Å². The maximum atomic E-state index is 14.1. The zero-order valence-corrected chi connectivity index (χ0v) is 17.3. The molecule has 0 amide bonds. The second-order valence-electron chi connectivity index (χ2n) is 7.87. The van der Waals surface area contributed by atoms with Gasteiger partial charge in [0.25, 0.3) is 0 Å². The molecule has 5 nitrogen and oxygen atoms in total. The zero-order chi connectivity index (χ0) is 20.5. The van der Waals surface area contributed by atoms with Gasteiger partial charge in [0.2, 0.25) is 10.8 Å². The monoisotopic (exact) mass is 422 g/mol. The minimum atomic E-state index is -0.268. The van der Waals surface area contributed by atoms with Crippen molar-refractivity contribution in [2.45, 2.75) is 25.3 Å². The third kappa shape index (κ3) is 3.70. The van der Waals surface area contributed by atoms with Crippen molar-refractivity contribution in [1.82, 2.24) is 19.5 Å². The van der Waals surface area contributed by atoms with E-state index in [4.69, 9.17) is 0 Å². The Labute approximate surface area is 178 Å². The first-order valence-corrected chi connectivity index (χ1v) is 11.1. The lowest BCUT2D eigenvalue weighted by atomic mass is 9.89. The number of fused-ring (bicyclic) bond motifs is 1. The Morgan fingerprint density at radius 2 is 1.90 bits per heavy atom. The molecule has 3 heterocycles. The molecule has 1 atom stereocenters. The maximum Gasteiger partial charge on any atom is 0.230 e. The van der Waals surface area contributed by atoms with Gasteiger partial charge in [-0.05, 0) is 61.5 Å². The largest absolute Gasteiger partial charge is 0.492 e. The Morgan fingerprint density at radius 1 is 1.10 bits per heavy atom. The molecule has 154 valence electrons. The van der Waals surface area contributed by atoms with E-state index in [1.54, 1.807) is 12.1 Å². The number of benzene rings is 2. The minimum absolute atomic E-state index is 0.0909. The van der Waals surface area contributed by atoms with Gasteiger partial charge in [-0.1, -0.05) is 53.8 Å². The number of hydrogen-bond acceptors (Lipinski definition) is 5. The SMILES string of the molecule is Oc1c([C@H](c2cccc(F)c2)N2CCC(Cc3ccccc3)CC2)sc2ncnn12. The molecule has 2 aromatic carbocycles. The topological polar surface area (TPSA) is 53.7 Å². The van der Waals surface area contributed by atoms with Crippen LogP contribution in [0.5, 0.6) is 5.88 Å². The summed E-state index contributed by atoms with van der Waals surface area (Å²) in [5, 5.41) is 14.9. The van der Waals surface area contributed by atoms with Crippen LogP contribution in [0.25, 0.3) is 4.96 Å². The van der Waals surface area contributed by atoms with Gasteiger partial charge in [0.15, 0.2) is 0 Å². The summed E-state index contributed by atoms with van der Waals surface area (Å²) >= 11 is 1.41. The van der Waals surface area contributed by atoms with Crippen LogP contribution < -0.4 is 0 Å². The van der Waals surface area contributed by atoms with Crippen LogP contribution in [0.3, 0.4) is 0 Å². The number of piperidine rings is 1. The van der Waals surface area contributed by atoms with E-state index in [9.17, 15) is 9.50 Å². The molecule has 2 aromatic heterocycles. The summed E-state index contributed by atoms with van der Waals surface area (Å²) in [4.78, 5) is 7.97. The first-order chi connectivity index (χ1) is 14.7. The van der Waals surface area contributed by atoms with Gasteiger partial charge in [-0.15, -0.1) is 0 Å². The summed E-state index contributed by atoms with van der Waals surface area (Å²) < 4.78 is 15.5. The van der Waals surface area contributed by atoms with Crippen molar-refractivity contribution in [3.05, 3.63) is 82.7 Å². The molecule has 30 heavy (non-hydrogen) atoms. The van der Waals surface area contributed by atoms with Gasteiger partial charge in [0.1, 0.15) is 12.1 Å². The van der Waals surface area contributed by atoms with Crippen molar-refractivity contribution in [2.75, 3.05) is 13.1 Å². The fourth-order valence-corrected chi connectivity index (χ4v) is 5.53. The molecular formula is C23H23FN4OS. The van der Waals surface area contributed by atoms with E-state index in [0.29, 0.717) is 10.9 Å². The normalized spacial score (nSPS) is 16.8. The lowest BCUT2D eigenvalue weighted by molar-refractivity contribution is 0.150. The number of aromatic nitrogens is 3. The van der Waals surface area contributed by atoms with Crippen molar-refractivity contribution >= 4 is 16.3 Å². The third-order valence-electron chi connectivity index (χ3n) is 5.93. The summed E-state index contributed by atoms with van der Waals surface area (Å²) in [5.41, 5.74) is 2.22. The Bertz CT molecular complexity index is 1130. The Hall–Kier alpha value is -2.77. The van der Waals surface area contributed by atoms with E-state index in [1.165, 1.54) is 33.8 Å². The van der Waals surface area contributed by atoms with Crippen molar-refractivity contribution < 1.29 is 9.50 Å². The van der Waals surface area contributed by atoms with Gasteiger partial charge in [-0.3, -0.25) is 4.90 Å². The molecule has 5 rings (SSSR count). The van der Waals surface area contributed by atoms with E-state index in [0.717, 1.165) is 42.8 Å². The number of nitrogens with zero attached hydrogens (tertiary/aromatic N) is 4. The fourth-order valence-electron chi connectivity index (χ4n) is 4.44. The average Bonchev–Trinajstić information content (AvgIpc) is 3.34. The van der Waals surface area contributed by atoms with Crippen LogP contribution in [0.4, 0.5) is 4.39 Å². The second-order valence-corrected chi connectivity index (χ2v) is 8.88. The maximum absolute atomic E-state index is 14.1. The molecule has 0 saturated carbocycles. The molecule has 4 aromatic rings. The highest BCUT2D eigenvalue weighted by Crippen LogP contribution is 2.41. The fraction of sp³-hybridized carbons (Fsp3) is 0.304. The summed E-state index contributed by atoms with van der Waals surface area (Å²) in [6.45, 7) is 1.79. The minimum Gasteiger partial charge on any atom is -0.492 e. The number of halogens is 1. The molecule has 0 bridgehead atoms. The van der Waals surface area contributed by atoms with Crippen molar-refractivity contribution in [3.8, 4) is 5.88 Å². The molecule has 1 aliphatic heterocycles. The molecule has 1 fully saturated rings. The number of thiazole rings is 1. The third-order valence-corrected chi connectivity index (χ3v) is 7.02. The van der Waals surface area contributed by atoms with Crippen molar-refractivity contribution in [2.24, 2.45) is 5.92 Å². The van der Waals surface area contributed by atoms with Crippen LogP contribution in [-0.2, 0) is 6.42 Å². The van der Waals surface area contributed by atoms with Gasteiger partial charge >= 0.3 is 0 Å². The highest BCUT2D eigenvalue weighted by atomic mass is 32.1. The molecule has 1 saturated heterocycles. The standard InChI is InChI=1S/C23H23FN4OS/c24-19-8-4-7-18(14-19)20(21-22(29)28-23(30-21)25-15-26-28)27-11-9-17(10-12-27)13-16-5-2-1-3-6-16/h1-8,14-15,17,20,29H,9-13H2/t20-/m0/s1. The molecule has 1 aliphatic rings. The van der Waals surface area contributed by atoms with E-state index < -0.39 is 0 Å². The predicted octanol–water partition coefficient (Wildman–Crippen LogP) is 4.68. The number of aromatic hydroxyl groups is 1. The smallest absolute Gasteiger partial charge is 0.230 e. The van der Waals surface area contributed by atoms with Crippen molar-refractivity contribution in [1.29, 1.82) is 0 Å². The number of likely N-dealkylation sites (tertiary alicyclic amines) is 1. The first kappa shape index (κ1) is 19.2. The second kappa shape index (κ2) is 8.16. The number of rotatable bonds is 5. The van der Waals surface area contributed by atoms with Crippen LogP contribution in [0, 0.1) is 11.7 Å². The van der Waals surface area contributed by atoms with Gasteiger partial charge < -0.3 is 5.11 Å². The molecule has 0 radical (unpaired) electrons. The number of hydrogen-bond donors (Lipinski definition) is 1. The molecule has 0 unspecified atom stereocenters. The van der Waals surface area contributed by atoms with Gasteiger partial charge in [0, 0.05) is 0 Å². The summed E-state index contributed by atoms with van der Waals surface area (Å²) in [6, 6.07) is 17.1. The Morgan fingerprint density at radius 3 is 2.63 bits per heavy atom. The molecular weight excluding hydrogens is 399 g/mol. The lowest BCUT2D eigenvalue weighted by Crippen LogP contribution is -2.37. The van der Waals surface area contributed by atoms with Gasteiger partial charge in [0.05, 0.1) is 10.9 Å². The van der Waals surface area contributed by atoms with Crippen LogP contribution in [0.1, 0.15) is 34.9 Å². The summed E-state index contributed by atoms with van der Waals surface area (Å²) in [7, 11) is 0. The highest BCUT2D eigenvalue weighted by molar-refractivity contribution is 7.17. The van der Waals surface area contributed by atoms with Gasteiger partial charge in [-0.25, -0.2) is 9.37 Å². The van der Waals surface area contributed by atoms with Crippen LogP contribution >= 0.6 is 11.3 Å². The van der Waals surface area contributed by atoms with E-state index in [-0.39, 0.29) is 17.7 Å². The van der Waals surface area contributed by atoms with Crippen LogP contribution in [-0.4, -0.2) is 37.7 Å². The molecule has 0 aliphatic carbocycles. The summed E-state index contributed by atoms with van der Waals surface area (Å²) in [6.07, 6.45) is 4.66. The highest BCUT2D eigenvalue weighted by Gasteiger charge is 2.32. The zero-order valence-electron chi connectivity index (χ0n) is 16.5. The quantitative estimate of drug-likeness (QED) is 0.507. The van der Waals surface area contributed by atoms with Crippen molar-refractivity contribution in [3.63, 3.8) is 0 Å². The molecule has 1 N–H and O–H groups in total. The predicted molar refractivity (Wildman–Crippen MR) is 115 cm³/mol. The summed E-state index contributed by atoms with van der Waals surface area (Å²) in [5.74, 6) is 0.455. The van der Waals surface area contributed by atoms with E-state index in [2.05, 4.69) is 45.3 Å². The first-order valence-electron chi connectivity index (χ1n) is 10.2. The van der Waals surface area contributed by atoms with Gasteiger partial charge in [-0.2, -0.15) is 9.61 Å². The van der Waals surface area contributed by atoms with E-state index in [1.807, 2.05) is 6.07 Å². The average molecular weight is 423 g/mol. The molecule has 7 heteroatoms. The Balaban J connectivity index is 1.41. The Kier molecular flexibility index (Phi) is 5.23. The molecule has 0 spiro atoms. The lowest BCUT2D eigenvalue weighted by Gasteiger charge is -2.37. The van der Waals surface area contributed by atoms with Crippen LogP contribution in [0.15, 0.2) is 60.9 Å². The van der Waals surface area contributed by atoms with Crippen LogP contribution in [0.2, 0.25) is 0 Å².